The van der Waals surface area contributed by atoms with Crippen LogP contribution in [0.2, 0.25) is 0 Å². The second kappa shape index (κ2) is 1.24. The molecule has 8 heavy (non-hydrogen) atoms. The van der Waals surface area contributed by atoms with Crippen molar-refractivity contribution in [2.45, 2.75) is 20.3 Å². The molecule has 0 aliphatic heterocycles. The maximum Gasteiger partial charge on any atom is 0.0450 e. The molecule has 2 nitrogen and oxygen atoms in total. The van der Waals surface area contributed by atoms with Crippen molar-refractivity contribution in [2.24, 2.45) is 11.3 Å². The molecule has 0 N–H and O–H groups in total. The zero-order valence-electron chi connectivity index (χ0n) is 5.10. The largest absolute Gasteiger partial charge is 0.550 e. The minimum Gasteiger partial charge on any atom is -0.550 e. The van der Waals surface area contributed by atoms with Gasteiger partial charge in [-0.3, -0.25) is 0 Å². The van der Waals surface area contributed by atoms with Crippen molar-refractivity contribution < 1.29 is 9.90 Å². The van der Waals surface area contributed by atoms with Gasteiger partial charge in [0.05, 0.1) is 0 Å². The summed E-state index contributed by atoms with van der Waals surface area (Å²) < 4.78 is 0. The Morgan fingerprint density at radius 1 is 1.75 bits per heavy atom. The third kappa shape index (κ3) is 0.703. The van der Waals surface area contributed by atoms with Gasteiger partial charge in [0.25, 0.3) is 0 Å². The zero-order chi connectivity index (χ0) is 6.36. The average molecular weight is 113 g/mol. The molecular weight excluding hydrogens is 104 g/mol. The van der Waals surface area contributed by atoms with E-state index >= 15 is 0 Å². The fourth-order valence-corrected chi connectivity index (χ4v) is 0.870. The number of carbonyl (C=O) groups is 1. The highest BCUT2D eigenvalue weighted by atomic mass is 16.4. The molecule has 1 aliphatic carbocycles. The predicted molar refractivity (Wildman–Crippen MR) is 26.9 cm³/mol. The highest BCUT2D eigenvalue weighted by Gasteiger charge is 2.46. The number of carboxylic acids is 1. The Balaban J connectivity index is 2.48. The summed E-state index contributed by atoms with van der Waals surface area (Å²) >= 11 is 0. The smallest absolute Gasteiger partial charge is 0.0450 e. The molecule has 1 fully saturated rings. The summed E-state index contributed by atoms with van der Waals surface area (Å²) in [5, 5.41) is 10.1. The molecule has 0 spiro atoms. The van der Waals surface area contributed by atoms with E-state index < -0.39 is 5.97 Å². The van der Waals surface area contributed by atoms with Crippen molar-refractivity contribution in [3.63, 3.8) is 0 Å². The highest BCUT2D eigenvalue weighted by molar-refractivity contribution is 5.72. The molecule has 0 unspecified atom stereocenters. The second-order valence-corrected chi connectivity index (χ2v) is 3.06. The summed E-state index contributed by atoms with van der Waals surface area (Å²) in [6.07, 6.45) is 0.787. The Hall–Kier alpha value is -0.530. The molecule has 0 saturated heterocycles. The van der Waals surface area contributed by atoms with E-state index in [1.54, 1.807) is 0 Å². The van der Waals surface area contributed by atoms with Crippen LogP contribution in [0.5, 0.6) is 0 Å². The summed E-state index contributed by atoms with van der Waals surface area (Å²) in [4.78, 5) is 10.1. The van der Waals surface area contributed by atoms with Crippen LogP contribution in [0.4, 0.5) is 0 Å². The first-order chi connectivity index (χ1) is 3.54. The van der Waals surface area contributed by atoms with E-state index in [0.29, 0.717) is 0 Å². The maximum absolute atomic E-state index is 10.1. The van der Waals surface area contributed by atoms with Crippen LogP contribution in [-0.4, -0.2) is 5.97 Å². The zero-order valence-corrected chi connectivity index (χ0v) is 5.10. The fraction of sp³-hybridized carbons (Fsp3) is 0.833. The van der Waals surface area contributed by atoms with Crippen LogP contribution < -0.4 is 5.11 Å². The number of carbonyl (C=O) groups excluding carboxylic acids is 1. The van der Waals surface area contributed by atoms with Crippen LogP contribution in [0.15, 0.2) is 0 Å². The van der Waals surface area contributed by atoms with Gasteiger partial charge in [-0.25, -0.2) is 0 Å². The summed E-state index contributed by atoms with van der Waals surface area (Å²) in [5.41, 5.74) is 0.0266. The van der Waals surface area contributed by atoms with Gasteiger partial charge in [0, 0.05) is 11.9 Å². The average Bonchev–Trinajstić information content (AvgIpc) is 2.13. The van der Waals surface area contributed by atoms with Gasteiger partial charge < -0.3 is 9.90 Å². The molecular formula is C6H9O2-. The lowest BCUT2D eigenvalue weighted by atomic mass is 10.1. The van der Waals surface area contributed by atoms with Gasteiger partial charge in [-0.2, -0.15) is 0 Å². The van der Waals surface area contributed by atoms with Gasteiger partial charge in [-0.15, -0.1) is 0 Å². The van der Waals surface area contributed by atoms with Crippen LogP contribution in [0.3, 0.4) is 0 Å². The van der Waals surface area contributed by atoms with Crippen LogP contribution in [0.25, 0.3) is 0 Å². The summed E-state index contributed by atoms with van der Waals surface area (Å²) in [6.45, 7) is 3.88. The van der Waals surface area contributed by atoms with Gasteiger partial charge >= 0.3 is 0 Å². The van der Waals surface area contributed by atoms with Gasteiger partial charge in [0.1, 0.15) is 0 Å². The summed E-state index contributed by atoms with van der Waals surface area (Å²) in [7, 11) is 0. The lowest BCUT2D eigenvalue weighted by Crippen LogP contribution is -2.26. The molecule has 0 amide bonds. The van der Waals surface area contributed by atoms with Crippen molar-refractivity contribution in [1.29, 1.82) is 0 Å². The molecule has 46 valence electrons. The molecule has 1 rings (SSSR count). The van der Waals surface area contributed by atoms with Gasteiger partial charge in [0.2, 0.25) is 0 Å². The first-order valence-electron chi connectivity index (χ1n) is 2.75. The van der Waals surface area contributed by atoms with Crippen molar-refractivity contribution in [2.75, 3.05) is 0 Å². The Kier molecular flexibility index (Phi) is 0.872. The number of hydrogen-bond acceptors (Lipinski definition) is 2. The fourth-order valence-electron chi connectivity index (χ4n) is 0.870. The molecule has 0 aromatic rings. The quantitative estimate of drug-likeness (QED) is 0.471. The summed E-state index contributed by atoms with van der Waals surface area (Å²) in [6, 6.07) is 0. The number of carboxylic acid groups (broad SMARTS) is 1. The Labute approximate surface area is 48.5 Å². The van der Waals surface area contributed by atoms with E-state index in [9.17, 15) is 9.90 Å². The van der Waals surface area contributed by atoms with Crippen LogP contribution >= 0.6 is 0 Å². The molecule has 0 radical (unpaired) electrons. The third-order valence-corrected chi connectivity index (χ3v) is 1.80. The van der Waals surface area contributed by atoms with E-state index in [2.05, 4.69) is 0 Å². The standard InChI is InChI=1S/C6H10O2/c1-6(2)3-4(6)5(7)8/h4H,3H2,1-2H3,(H,7,8)/p-1/t4-/m0/s1. The number of aliphatic carboxylic acids is 1. The van der Waals surface area contributed by atoms with E-state index in [0.717, 1.165) is 6.42 Å². The van der Waals surface area contributed by atoms with Crippen LogP contribution in [0.1, 0.15) is 20.3 Å². The van der Waals surface area contributed by atoms with E-state index in [1.165, 1.54) is 0 Å². The molecule has 0 aromatic carbocycles. The molecule has 0 aromatic heterocycles. The Morgan fingerprint density at radius 2 is 2.12 bits per heavy atom. The topological polar surface area (TPSA) is 40.1 Å². The van der Waals surface area contributed by atoms with E-state index in [4.69, 9.17) is 0 Å². The van der Waals surface area contributed by atoms with E-state index in [1.807, 2.05) is 13.8 Å². The van der Waals surface area contributed by atoms with Gasteiger partial charge in [-0.1, -0.05) is 13.8 Å². The van der Waals surface area contributed by atoms with E-state index in [-0.39, 0.29) is 11.3 Å². The maximum atomic E-state index is 10.1. The van der Waals surface area contributed by atoms with Crippen molar-refractivity contribution in [3.05, 3.63) is 0 Å². The van der Waals surface area contributed by atoms with Crippen LogP contribution in [0, 0.1) is 11.3 Å². The third-order valence-electron chi connectivity index (χ3n) is 1.80. The molecule has 0 heterocycles. The number of rotatable bonds is 1. The number of hydrogen-bond donors (Lipinski definition) is 0. The van der Waals surface area contributed by atoms with Crippen molar-refractivity contribution in [1.82, 2.24) is 0 Å². The predicted octanol–water partition coefficient (Wildman–Crippen LogP) is -0.218. The second-order valence-electron chi connectivity index (χ2n) is 3.06. The first-order valence-corrected chi connectivity index (χ1v) is 2.75. The van der Waals surface area contributed by atoms with Crippen molar-refractivity contribution in [3.8, 4) is 0 Å². The SMILES string of the molecule is CC1(C)C[C@H]1C(=O)[O-]. The van der Waals surface area contributed by atoms with Crippen molar-refractivity contribution >= 4 is 5.97 Å². The lowest BCUT2D eigenvalue weighted by Gasteiger charge is -2.01. The lowest BCUT2D eigenvalue weighted by molar-refractivity contribution is -0.308. The summed E-state index contributed by atoms with van der Waals surface area (Å²) in [5.74, 6) is -1.07. The molecule has 2 heteroatoms. The van der Waals surface area contributed by atoms with Crippen LogP contribution in [-0.2, 0) is 4.79 Å². The first kappa shape index (κ1) is 5.60. The highest BCUT2D eigenvalue weighted by Crippen LogP contribution is 2.50. The molecule has 1 saturated carbocycles. The van der Waals surface area contributed by atoms with Gasteiger partial charge in [0.15, 0.2) is 0 Å². The molecule has 1 atom stereocenters. The normalized spacial score (nSPS) is 32.0. The molecule has 1 aliphatic rings. The minimum absolute atomic E-state index is 0.0266. The minimum atomic E-state index is -0.894. The Morgan fingerprint density at radius 3 is 2.12 bits per heavy atom. The Bertz CT molecular complexity index is 126. The monoisotopic (exact) mass is 113 g/mol. The molecule has 0 bridgehead atoms. The van der Waals surface area contributed by atoms with Gasteiger partial charge in [-0.05, 0) is 11.8 Å².